The normalized spacial score (nSPS) is 13.2. The van der Waals surface area contributed by atoms with Gasteiger partial charge in [-0.3, -0.25) is 0 Å². The molecular weight excluding hydrogens is 378 g/mol. The highest BCUT2D eigenvalue weighted by Crippen LogP contribution is 2.36. The smallest absolute Gasteiger partial charge is 0.335 e. The molecule has 150 valence electrons. The van der Waals surface area contributed by atoms with E-state index >= 15 is 0 Å². The van der Waals surface area contributed by atoms with Gasteiger partial charge in [0.2, 0.25) is 5.71 Å². The lowest BCUT2D eigenvalue weighted by Gasteiger charge is -2.12. The van der Waals surface area contributed by atoms with Crippen LogP contribution in [0.15, 0.2) is 59.0 Å². The number of carboxylic acid groups (broad SMARTS) is 1. The number of carbonyl (C=O) groups is 1. The van der Waals surface area contributed by atoms with Crippen LogP contribution in [0.25, 0.3) is 22.5 Å². The van der Waals surface area contributed by atoms with E-state index in [0.717, 1.165) is 53.8 Å². The fourth-order valence-electron chi connectivity index (χ4n) is 3.96. The zero-order valence-electron chi connectivity index (χ0n) is 16.4. The zero-order chi connectivity index (χ0) is 20.5. The van der Waals surface area contributed by atoms with Gasteiger partial charge in [-0.05, 0) is 37.0 Å². The minimum absolute atomic E-state index is 0.232. The van der Waals surface area contributed by atoms with Crippen molar-refractivity contribution in [2.75, 3.05) is 5.32 Å². The van der Waals surface area contributed by atoms with Crippen LogP contribution in [0.3, 0.4) is 0 Å². The number of anilines is 1. The van der Waals surface area contributed by atoms with Crippen molar-refractivity contribution in [2.24, 2.45) is 0 Å². The van der Waals surface area contributed by atoms with Crippen molar-refractivity contribution in [3.63, 3.8) is 0 Å². The molecule has 2 aromatic heterocycles. The average molecular weight is 399 g/mol. The van der Waals surface area contributed by atoms with Gasteiger partial charge in [0.05, 0.1) is 10.9 Å². The number of aryl methyl sites for hydroxylation is 2. The monoisotopic (exact) mass is 399 g/mol. The van der Waals surface area contributed by atoms with Gasteiger partial charge in [0.25, 0.3) is 0 Å². The highest BCUT2D eigenvalue weighted by Gasteiger charge is 2.23. The number of carboxylic acids is 1. The lowest BCUT2D eigenvalue weighted by molar-refractivity contribution is 0.0697. The summed E-state index contributed by atoms with van der Waals surface area (Å²) in [7, 11) is 0. The van der Waals surface area contributed by atoms with Crippen LogP contribution >= 0.6 is 0 Å². The third kappa shape index (κ3) is 3.41. The minimum Gasteiger partial charge on any atom is -0.478 e. The van der Waals surface area contributed by atoms with Crippen LogP contribution in [0.5, 0.6) is 0 Å². The van der Waals surface area contributed by atoms with Crippen LogP contribution in [0, 0.1) is 0 Å². The number of hydrogen-bond donors (Lipinski definition) is 2. The predicted molar refractivity (Wildman–Crippen MR) is 115 cm³/mol. The molecule has 0 bridgehead atoms. The standard InChI is InChI=1S/C24H21N3O3/c28-24(29)17-12-10-16(11-13-17)21-26-22(25-14-15-6-2-1-3-7-15)20-18-8-4-5-9-19(18)30-23(20)27-21/h1-3,6-7,10-13H,4-5,8-9,14H2,(H,28,29)(H,25,26,27). The summed E-state index contributed by atoms with van der Waals surface area (Å²) in [6.07, 6.45) is 4.15. The largest absolute Gasteiger partial charge is 0.478 e. The second kappa shape index (κ2) is 7.63. The minimum atomic E-state index is -0.957. The summed E-state index contributed by atoms with van der Waals surface area (Å²) in [5.74, 6) is 1.32. The number of aromatic nitrogens is 2. The molecule has 0 unspecified atom stereocenters. The summed E-state index contributed by atoms with van der Waals surface area (Å²) in [4.78, 5) is 20.6. The zero-order valence-corrected chi connectivity index (χ0v) is 16.4. The molecular formula is C24H21N3O3. The molecule has 0 saturated carbocycles. The molecule has 1 aliphatic rings. The summed E-state index contributed by atoms with van der Waals surface area (Å²) in [5, 5.41) is 13.6. The van der Waals surface area contributed by atoms with Crippen molar-refractivity contribution in [2.45, 2.75) is 32.2 Å². The van der Waals surface area contributed by atoms with E-state index in [2.05, 4.69) is 22.4 Å². The second-order valence-electron chi connectivity index (χ2n) is 7.51. The maximum atomic E-state index is 11.2. The lowest BCUT2D eigenvalue weighted by atomic mass is 9.96. The van der Waals surface area contributed by atoms with E-state index in [-0.39, 0.29) is 5.56 Å². The molecule has 2 aromatic carbocycles. The first-order valence-electron chi connectivity index (χ1n) is 10.1. The van der Waals surface area contributed by atoms with Crippen molar-refractivity contribution in [1.82, 2.24) is 9.97 Å². The van der Waals surface area contributed by atoms with E-state index in [1.807, 2.05) is 18.2 Å². The van der Waals surface area contributed by atoms with Crippen LogP contribution in [0.1, 0.15) is 40.1 Å². The molecule has 5 rings (SSSR count). The molecule has 6 nitrogen and oxygen atoms in total. The van der Waals surface area contributed by atoms with E-state index in [0.29, 0.717) is 18.1 Å². The summed E-state index contributed by atoms with van der Waals surface area (Å²) >= 11 is 0. The van der Waals surface area contributed by atoms with Crippen molar-refractivity contribution in [3.8, 4) is 11.4 Å². The molecule has 0 aliphatic heterocycles. The Balaban J connectivity index is 1.59. The van der Waals surface area contributed by atoms with Crippen LogP contribution in [0.4, 0.5) is 5.82 Å². The molecule has 4 aromatic rings. The third-order valence-electron chi connectivity index (χ3n) is 5.51. The predicted octanol–water partition coefficient (Wildman–Crippen LogP) is 5.08. The molecule has 6 heteroatoms. The molecule has 0 saturated heterocycles. The topological polar surface area (TPSA) is 88.2 Å². The number of hydrogen-bond acceptors (Lipinski definition) is 5. The van der Waals surface area contributed by atoms with E-state index in [1.54, 1.807) is 24.3 Å². The molecule has 30 heavy (non-hydrogen) atoms. The number of fused-ring (bicyclic) bond motifs is 3. The Morgan fingerprint density at radius 1 is 1.00 bits per heavy atom. The van der Waals surface area contributed by atoms with Gasteiger partial charge < -0.3 is 14.8 Å². The molecule has 0 radical (unpaired) electrons. The SMILES string of the molecule is O=C(O)c1ccc(-c2nc(NCc3ccccc3)c3c4c(oc3n2)CCCC4)cc1. The van der Waals surface area contributed by atoms with Gasteiger partial charge in [-0.25, -0.2) is 9.78 Å². The molecule has 0 fully saturated rings. The first-order chi connectivity index (χ1) is 14.7. The number of nitrogens with one attached hydrogen (secondary N) is 1. The Bertz CT molecular complexity index is 1210. The molecule has 0 amide bonds. The average Bonchev–Trinajstić information content (AvgIpc) is 3.17. The van der Waals surface area contributed by atoms with Gasteiger partial charge in [0.15, 0.2) is 5.82 Å². The maximum absolute atomic E-state index is 11.2. The first-order valence-corrected chi connectivity index (χ1v) is 10.1. The fraction of sp³-hybridized carbons (Fsp3) is 0.208. The van der Waals surface area contributed by atoms with Crippen LogP contribution in [0.2, 0.25) is 0 Å². The van der Waals surface area contributed by atoms with Crippen LogP contribution < -0.4 is 5.32 Å². The summed E-state index contributed by atoms with van der Waals surface area (Å²) < 4.78 is 6.12. The highest BCUT2D eigenvalue weighted by molar-refractivity contribution is 5.92. The first kappa shape index (κ1) is 18.4. The van der Waals surface area contributed by atoms with Crippen molar-refractivity contribution in [3.05, 3.63) is 77.0 Å². The Kier molecular flexibility index (Phi) is 4.67. The Hall–Kier alpha value is -3.67. The number of furan rings is 1. The van der Waals surface area contributed by atoms with Crippen molar-refractivity contribution < 1.29 is 14.3 Å². The fourth-order valence-corrected chi connectivity index (χ4v) is 3.96. The molecule has 0 spiro atoms. The second-order valence-corrected chi connectivity index (χ2v) is 7.51. The van der Waals surface area contributed by atoms with Gasteiger partial charge in [-0.15, -0.1) is 0 Å². The Morgan fingerprint density at radius 2 is 1.77 bits per heavy atom. The van der Waals surface area contributed by atoms with E-state index in [4.69, 9.17) is 14.5 Å². The third-order valence-corrected chi connectivity index (χ3v) is 5.51. The Morgan fingerprint density at radius 3 is 2.53 bits per heavy atom. The van der Waals surface area contributed by atoms with Gasteiger partial charge in [0, 0.05) is 24.1 Å². The van der Waals surface area contributed by atoms with Crippen LogP contribution in [-0.2, 0) is 19.4 Å². The number of rotatable bonds is 5. The van der Waals surface area contributed by atoms with Crippen molar-refractivity contribution in [1.29, 1.82) is 0 Å². The summed E-state index contributed by atoms with van der Waals surface area (Å²) in [6, 6.07) is 16.8. The van der Waals surface area contributed by atoms with E-state index < -0.39 is 5.97 Å². The number of nitrogens with zero attached hydrogens (tertiary/aromatic N) is 2. The molecule has 2 heterocycles. The van der Waals surface area contributed by atoms with Gasteiger partial charge in [0.1, 0.15) is 11.6 Å². The highest BCUT2D eigenvalue weighted by atomic mass is 16.4. The number of benzene rings is 2. The maximum Gasteiger partial charge on any atom is 0.335 e. The van der Waals surface area contributed by atoms with E-state index in [1.165, 1.54) is 5.56 Å². The quantitative estimate of drug-likeness (QED) is 0.487. The molecule has 1 aliphatic carbocycles. The van der Waals surface area contributed by atoms with Gasteiger partial charge >= 0.3 is 5.97 Å². The van der Waals surface area contributed by atoms with Crippen LogP contribution in [-0.4, -0.2) is 21.0 Å². The van der Waals surface area contributed by atoms with Gasteiger partial charge in [-0.1, -0.05) is 42.5 Å². The summed E-state index contributed by atoms with van der Waals surface area (Å²) in [6.45, 7) is 0.643. The molecule has 0 atom stereocenters. The van der Waals surface area contributed by atoms with Gasteiger partial charge in [-0.2, -0.15) is 4.98 Å². The number of aromatic carboxylic acids is 1. The Labute approximate surface area is 173 Å². The molecule has 2 N–H and O–H groups in total. The van der Waals surface area contributed by atoms with Crippen molar-refractivity contribution >= 4 is 22.9 Å². The summed E-state index contributed by atoms with van der Waals surface area (Å²) in [5.41, 5.74) is 3.94. The lowest BCUT2D eigenvalue weighted by Crippen LogP contribution is -2.05. The van der Waals surface area contributed by atoms with E-state index in [9.17, 15) is 4.79 Å².